The van der Waals surface area contributed by atoms with Gasteiger partial charge in [0.1, 0.15) is 11.6 Å². The van der Waals surface area contributed by atoms with E-state index < -0.39 is 6.10 Å². The number of amides is 1. The van der Waals surface area contributed by atoms with Crippen LogP contribution in [0.1, 0.15) is 29.6 Å². The molecule has 1 aromatic heterocycles. The topological polar surface area (TPSA) is 69.6 Å². The SMILES string of the molecule is Cc1cc(N2CCN(C(=O)CC(O)c3ccccc3)CC2)nc(C)n1. The van der Waals surface area contributed by atoms with Crippen LogP contribution in [0.2, 0.25) is 0 Å². The first-order valence-electron chi connectivity index (χ1n) is 8.61. The number of aliphatic hydroxyl groups is 1. The number of carbonyl (C=O) groups excluding carboxylic acids is 1. The molecule has 2 heterocycles. The van der Waals surface area contributed by atoms with Gasteiger partial charge in [-0.1, -0.05) is 30.3 Å². The fourth-order valence-corrected chi connectivity index (χ4v) is 3.13. The molecule has 1 atom stereocenters. The lowest BCUT2D eigenvalue weighted by atomic mass is 10.1. The van der Waals surface area contributed by atoms with Crippen molar-refractivity contribution < 1.29 is 9.90 Å². The number of hydrogen-bond acceptors (Lipinski definition) is 5. The third kappa shape index (κ3) is 4.33. The van der Waals surface area contributed by atoms with Crippen molar-refractivity contribution in [2.75, 3.05) is 31.1 Å². The second kappa shape index (κ2) is 7.61. The summed E-state index contributed by atoms with van der Waals surface area (Å²) in [4.78, 5) is 25.2. The van der Waals surface area contributed by atoms with Crippen molar-refractivity contribution in [1.82, 2.24) is 14.9 Å². The van der Waals surface area contributed by atoms with E-state index in [4.69, 9.17) is 0 Å². The van der Waals surface area contributed by atoms with Gasteiger partial charge in [-0.15, -0.1) is 0 Å². The molecule has 0 saturated carbocycles. The van der Waals surface area contributed by atoms with Crippen LogP contribution in [0.5, 0.6) is 0 Å². The highest BCUT2D eigenvalue weighted by Crippen LogP contribution is 2.19. The van der Waals surface area contributed by atoms with Gasteiger partial charge in [-0.25, -0.2) is 9.97 Å². The molecule has 1 unspecified atom stereocenters. The number of anilines is 1. The van der Waals surface area contributed by atoms with Gasteiger partial charge in [-0.05, 0) is 19.4 Å². The number of rotatable bonds is 4. The Morgan fingerprint density at radius 2 is 1.80 bits per heavy atom. The van der Waals surface area contributed by atoms with E-state index in [1.54, 1.807) is 0 Å². The monoisotopic (exact) mass is 340 g/mol. The van der Waals surface area contributed by atoms with Crippen molar-refractivity contribution in [2.24, 2.45) is 0 Å². The minimum absolute atomic E-state index is 0.00829. The molecular formula is C19H24N4O2. The zero-order chi connectivity index (χ0) is 17.8. The summed E-state index contributed by atoms with van der Waals surface area (Å²) < 4.78 is 0. The summed E-state index contributed by atoms with van der Waals surface area (Å²) in [6.07, 6.45) is -0.630. The highest BCUT2D eigenvalue weighted by Gasteiger charge is 2.24. The van der Waals surface area contributed by atoms with Crippen molar-refractivity contribution >= 4 is 11.7 Å². The molecule has 25 heavy (non-hydrogen) atoms. The number of nitrogens with zero attached hydrogens (tertiary/aromatic N) is 4. The Bertz CT molecular complexity index is 707. The lowest BCUT2D eigenvalue weighted by Gasteiger charge is -2.36. The lowest BCUT2D eigenvalue weighted by molar-refractivity contribution is -0.133. The summed E-state index contributed by atoms with van der Waals surface area (Å²) in [5.41, 5.74) is 1.73. The van der Waals surface area contributed by atoms with E-state index in [9.17, 15) is 9.90 Å². The van der Waals surface area contributed by atoms with Crippen molar-refractivity contribution in [2.45, 2.75) is 26.4 Å². The molecule has 6 nitrogen and oxygen atoms in total. The van der Waals surface area contributed by atoms with E-state index in [0.717, 1.165) is 36.0 Å². The molecule has 1 aliphatic rings. The Kier molecular flexibility index (Phi) is 5.28. The molecule has 1 aromatic carbocycles. The van der Waals surface area contributed by atoms with Crippen molar-refractivity contribution in [3.8, 4) is 0 Å². The number of aliphatic hydroxyl groups excluding tert-OH is 1. The number of carbonyl (C=O) groups is 1. The summed E-state index contributed by atoms with van der Waals surface area (Å²) in [6.45, 7) is 6.61. The second-order valence-corrected chi connectivity index (χ2v) is 6.41. The van der Waals surface area contributed by atoms with Crippen LogP contribution >= 0.6 is 0 Å². The third-order valence-corrected chi connectivity index (χ3v) is 4.46. The molecule has 0 spiro atoms. The van der Waals surface area contributed by atoms with E-state index >= 15 is 0 Å². The van der Waals surface area contributed by atoms with Crippen LogP contribution in [0.3, 0.4) is 0 Å². The molecule has 0 radical (unpaired) electrons. The number of piperazine rings is 1. The van der Waals surface area contributed by atoms with Crippen LogP contribution in [0, 0.1) is 13.8 Å². The van der Waals surface area contributed by atoms with Gasteiger partial charge in [0.15, 0.2) is 0 Å². The Labute approximate surface area is 148 Å². The van der Waals surface area contributed by atoms with Gasteiger partial charge >= 0.3 is 0 Å². The van der Waals surface area contributed by atoms with Gasteiger partial charge in [0.25, 0.3) is 0 Å². The van der Waals surface area contributed by atoms with Crippen LogP contribution in [-0.2, 0) is 4.79 Å². The fourth-order valence-electron chi connectivity index (χ4n) is 3.13. The van der Waals surface area contributed by atoms with E-state index in [1.165, 1.54) is 0 Å². The summed E-state index contributed by atoms with van der Waals surface area (Å²) >= 11 is 0. The molecule has 1 amide bonds. The minimum Gasteiger partial charge on any atom is -0.388 e. The molecule has 1 saturated heterocycles. The maximum absolute atomic E-state index is 12.5. The summed E-state index contributed by atoms with van der Waals surface area (Å²) in [5.74, 6) is 1.67. The molecule has 2 aromatic rings. The van der Waals surface area contributed by atoms with Gasteiger partial charge in [-0.3, -0.25) is 4.79 Å². The van der Waals surface area contributed by atoms with Gasteiger partial charge in [-0.2, -0.15) is 0 Å². The van der Waals surface area contributed by atoms with Gasteiger partial charge in [0, 0.05) is 37.9 Å². The largest absolute Gasteiger partial charge is 0.388 e. The molecule has 1 fully saturated rings. The molecule has 6 heteroatoms. The Hall–Kier alpha value is -2.47. The molecule has 0 bridgehead atoms. The summed E-state index contributed by atoms with van der Waals surface area (Å²) in [5, 5.41) is 10.2. The van der Waals surface area contributed by atoms with Gasteiger partial charge < -0.3 is 14.9 Å². The maximum Gasteiger partial charge on any atom is 0.225 e. The Morgan fingerprint density at radius 1 is 1.12 bits per heavy atom. The molecule has 1 aliphatic heterocycles. The van der Waals surface area contributed by atoms with E-state index in [2.05, 4.69) is 14.9 Å². The first-order valence-corrected chi connectivity index (χ1v) is 8.61. The molecule has 1 N–H and O–H groups in total. The predicted octanol–water partition coefficient (Wildman–Crippen LogP) is 1.87. The number of aromatic nitrogens is 2. The summed E-state index contributed by atoms with van der Waals surface area (Å²) in [6, 6.07) is 11.3. The highest BCUT2D eigenvalue weighted by molar-refractivity contribution is 5.77. The predicted molar refractivity (Wildman–Crippen MR) is 96.3 cm³/mol. The third-order valence-electron chi connectivity index (χ3n) is 4.46. The average Bonchev–Trinajstić information content (AvgIpc) is 2.61. The zero-order valence-corrected chi connectivity index (χ0v) is 14.7. The first kappa shape index (κ1) is 17.4. The normalized spacial score (nSPS) is 16.0. The zero-order valence-electron chi connectivity index (χ0n) is 14.7. The highest BCUT2D eigenvalue weighted by atomic mass is 16.3. The van der Waals surface area contributed by atoms with E-state index in [-0.39, 0.29) is 12.3 Å². The molecule has 3 rings (SSSR count). The van der Waals surface area contributed by atoms with Gasteiger partial charge in [0.05, 0.1) is 12.5 Å². The lowest BCUT2D eigenvalue weighted by Crippen LogP contribution is -2.49. The van der Waals surface area contributed by atoms with E-state index in [0.29, 0.717) is 13.1 Å². The average molecular weight is 340 g/mol. The van der Waals surface area contributed by atoms with Crippen LogP contribution in [0.4, 0.5) is 5.82 Å². The first-order chi connectivity index (χ1) is 12.0. The smallest absolute Gasteiger partial charge is 0.225 e. The van der Waals surface area contributed by atoms with Gasteiger partial charge in [0.2, 0.25) is 5.91 Å². The number of benzene rings is 1. The summed E-state index contributed by atoms with van der Waals surface area (Å²) in [7, 11) is 0. The van der Waals surface area contributed by atoms with Crippen LogP contribution < -0.4 is 4.90 Å². The maximum atomic E-state index is 12.5. The second-order valence-electron chi connectivity index (χ2n) is 6.41. The van der Waals surface area contributed by atoms with E-state index in [1.807, 2.05) is 55.1 Å². The van der Waals surface area contributed by atoms with Crippen molar-refractivity contribution in [1.29, 1.82) is 0 Å². The van der Waals surface area contributed by atoms with Crippen LogP contribution in [0.25, 0.3) is 0 Å². The van der Waals surface area contributed by atoms with Crippen LogP contribution in [-0.4, -0.2) is 52.1 Å². The number of aryl methyl sites for hydroxylation is 2. The Morgan fingerprint density at radius 3 is 2.44 bits per heavy atom. The standard InChI is InChI=1S/C19H24N4O2/c1-14-12-18(21-15(2)20-14)22-8-10-23(11-9-22)19(25)13-17(24)16-6-4-3-5-7-16/h3-7,12,17,24H,8-11,13H2,1-2H3. The van der Waals surface area contributed by atoms with Crippen molar-refractivity contribution in [3.05, 3.63) is 53.5 Å². The van der Waals surface area contributed by atoms with Crippen LogP contribution in [0.15, 0.2) is 36.4 Å². The number of hydrogen-bond donors (Lipinski definition) is 1. The quantitative estimate of drug-likeness (QED) is 0.920. The van der Waals surface area contributed by atoms with Crippen molar-refractivity contribution in [3.63, 3.8) is 0 Å². The fraction of sp³-hybridized carbons (Fsp3) is 0.421. The molecular weight excluding hydrogens is 316 g/mol. The molecule has 0 aliphatic carbocycles. The molecule has 132 valence electrons. The minimum atomic E-state index is -0.751. The Balaban J connectivity index is 1.55.